The Bertz CT molecular complexity index is 795. The summed E-state index contributed by atoms with van der Waals surface area (Å²) in [7, 11) is 0. The van der Waals surface area contributed by atoms with E-state index < -0.39 is 5.97 Å². The van der Waals surface area contributed by atoms with E-state index in [-0.39, 0.29) is 19.3 Å². The first-order chi connectivity index (χ1) is 12.7. The van der Waals surface area contributed by atoms with Crippen molar-refractivity contribution in [3.05, 3.63) is 107 Å². The maximum Gasteiger partial charge on any atom is 0.332 e. The first-order valence-electron chi connectivity index (χ1n) is 8.34. The van der Waals surface area contributed by atoms with Gasteiger partial charge in [-0.05, 0) is 17.2 Å². The highest BCUT2D eigenvalue weighted by molar-refractivity contribution is 6.31. The third kappa shape index (κ3) is 4.94. The van der Waals surface area contributed by atoms with Gasteiger partial charge in [-0.3, -0.25) is 0 Å². The Balaban J connectivity index is 1.63. The first-order valence-corrected chi connectivity index (χ1v) is 8.72. The number of hydrogen-bond donors (Lipinski definition) is 0. The molecule has 3 aromatic carbocycles. The van der Waals surface area contributed by atoms with Crippen LogP contribution in [0.25, 0.3) is 0 Å². The molecule has 0 bridgehead atoms. The van der Waals surface area contributed by atoms with E-state index in [1.807, 2.05) is 78.9 Å². The molecule has 0 heterocycles. The Morgan fingerprint density at radius 2 is 1.35 bits per heavy atom. The molecule has 0 N–H and O–H groups in total. The monoisotopic (exact) mass is 366 g/mol. The van der Waals surface area contributed by atoms with Gasteiger partial charge in [-0.1, -0.05) is 90.5 Å². The van der Waals surface area contributed by atoms with Crippen LogP contribution >= 0.6 is 11.6 Å². The van der Waals surface area contributed by atoms with E-state index in [2.05, 4.69) is 0 Å². The zero-order chi connectivity index (χ0) is 18.2. The SMILES string of the molecule is O=C(COC(c1ccccc1)c1ccccc1)OCc1ccccc1Cl. The van der Waals surface area contributed by atoms with Crippen molar-refractivity contribution in [1.29, 1.82) is 0 Å². The number of ether oxygens (including phenoxy) is 2. The van der Waals surface area contributed by atoms with E-state index in [0.717, 1.165) is 16.7 Å². The zero-order valence-electron chi connectivity index (χ0n) is 14.2. The summed E-state index contributed by atoms with van der Waals surface area (Å²) in [6, 6.07) is 26.9. The van der Waals surface area contributed by atoms with Crippen molar-refractivity contribution in [3.8, 4) is 0 Å². The maximum atomic E-state index is 12.1. The maximum absolute atomic E-state index is 12.1. The quantitative estimate of drug-likeness (QED) is 0.540. The van der Waals surface area contributed by atoms with Crippen molar-refractivity contribution in [2.45, 2.75) is 12.7 Å². The molecule has 4 heteroatoms. The van der Waals surface area contributed by atoms with Gasteiger partial charge in [-0.25, -0.2) is 4.79 Å². The number of rotatable bonds is 7. The number of hydrogen-bond acceptors (Lipinski definition) is 3. The molecular weight excluding hydrogens is 348 g/mol. The van der Waals surface area contributed by atoms with Crippen molar-refractivity contribution >= 4 is 17.6 Å². The lowest BCUT2D eigenvalue weighted by atomic mass is 10.0. The van der Waals surface area contributed by atoms with E-state index >= 15 is 0 Å². The van der Waals surface area contributed by atoms with Crippen molar-refractivity contribution in [3.63, 3.8) is 0 Å². The van der Waals surface area contributed by atoms with E-state index in [1.165, 1.54) is 0 Å². The first kappa shape index (κ1) is 18.2. The van der Waals surface area contributed by atoms with Gasteiger partial charge in [0.05, 0.1) is 0 Å². The van der Waals surface area contributed by atoms with Gasteiger partial charge in [0.1, 0.15) is 19.3 Å². The molecule has 26 heavy (non-hydrogen) atoms. The van der Waals surface area contributed by atoms with E-state index in [0.29, 0.717) is 5.02 Å². The minimum Gasteiger partial charge on any atom is -0.459 e. The van der Waals surface area contributed by atoms with Gasteiger partial charge in [0, 0.05) is 10.6 Å². The molecule has 0 radical (unpaired) electrons. The van der Waals surface area contributed by atoms with Crippen molar-refractivity contribution in [2.24, 2.45) is 0 Å². The highest BCUT2D eigenvalue weighted by Crippen LogP contribution is 2.25. The molecule has 0 unspecified atom stereocenters. The van der Waals surface area contributed by atoms with Crippen molar-refractivity contribution in [2.75, 3.05) is 6.61 Å². The zero-order valence-corrected chi connectivity index (χ0v) is 14.9. The molecule has 0 aliphatic heterocycles. The Morgan fingerprint density at radius 3 is 1.92 bits per heavy atom. The summed E-state index contributed by atoms with van der Waals surface area (Å²) >= 11 is 6.07. The van der Waals surface area contributed by atoms with Crippen molar-refractivity contribution < 1.29 is 14.3 Å². The van der Waals surface area contributed by atoms with Crippen LogP contribution in [-0.4, -0.2) is 12.6 Å². The molecule has 3 rings (SSSR count). The average Bonchev–Trinajstić information content (AvgIpc) is 2.69. The van der Waals surface area contributed by atoms with Crippen LogP contribution in [0.5, 0.6) is 0 Å². The Morgan fingerprint density at radius 1 is 0.808 bits per heavy atom. The molecule has 0 aromatic heterocycles. The van der Waals surface area contributed by atoms with E-state index in [4.69, 9.17) is 21.1 Å². The molecule has 0 aliphatic carbocycles. The third-order valence-electron chi connectivity index (χ3n) is 3.92. The highest BCUT2D eigenvalue weighted by atomic mass is 35.5. The smallest absolute Gasteiger partial charge is 0.332 e. The summed E-state index contributed by atoms with van der Waals surface area (Å²) < 4.78 is 11.2. The number of carbonyl (C=O) groups is 1. The average molecular weight is 367 g/mol. The third-order valence-corrected chi connectivity index (χ3v) is 4.29. The number of halogens is 1. The van der Waals surface area contributed by atoms with Crippen LogP contribution in [0, 0.1) is 0 Å². The van der Waals surface area contributed by atoms with Gasteiger partial charge in [0.15, 0.2) is 0 Å². The summed E-state index contributed by atoms with van der Waals surface area (Å²) in [5, 5.41) is 0.577. The summed E-state index contributed by atoms with van der Waals surface area (Å²) in [5.74, 6) is -0.429. The topological polar surface area (TPSA) is 35.5 Å². The van der Waals surface area contributed by atoms with Crippen LogP contribution in [0.1, 0.15) is 22.8 Å². The Labute approximate surface area is 158 Å². The van der Waals surface area contributed by atoms with Gasteiger partial charge in [0.2, 0.25) is 0 Å². The standard InChI is InChI=1S/C22H19ClO3/c23-20-14-8-7-13-19(20)15-25-21(24)16-26-22(17-9-3-1-4-10-17)18-11-5-2-6-12-18/h1-14,22H,15-16H2. The second kappa shape index (κ2) is 9.18. The lowest BCUT2D eigenvalue weighted by molar-refractivity contribution is -0.151. The summed E-state index contributed by atoms with van der Waals surface area (Å²) in [5.41, 5.74) is 2.74. The molecule has 0 spiro atoms. The van der Waals surface area contributed by atoms with Crippen LogP contribution in [0.2, 0.25) is 5.02 Å². The second-order valence-electron chi connectivity index (χ2n) is 5.76. The Hall–Kier alpha value is -2.62. The molecule has 3 aromatic rings. The summed E-state index contributed by atoms with van der Waals surface area (Å²) in [4.78, 5) is 12.1. The van der Waals surface area contributed by atoms with Gasteiger partial charge < -0.3 is 9.47 Å². The Kier molecular flexibility index (Phi) is 6.42. The van der Waals surface area contributed by atoms with Crippen LogP contribution in [-0.2, 0) is 20.9 Å². The molecule has 0 saturated carbocycles. The predicted octanol–water partition coefficient (Wildman–Crippen LogP) is 5.19. The molecule has 0 fully saturated rings. The van der Waals surface area contributed by atoms with Gasteiger partial charge >= 0.3 is 5.97 Å². The predicted molar refractivity (Wildman–Crippen MR) is 102 cm³/mol. The summed E-state index contributed by atoms with van der Waals surface area (Å²) in [6.07, 6.45) is -0.328. The molecular formula is C22H19ClO3. The van der Waals surface area contributed by atoms with Crippen LogP contribution < -0.4 is 0 Å². The lowest BCUT2D eigenvalue weighted by Gasteiger charge is -2.18. The number of esters is 1. The van der Waals surface area contributed by atoms with E-state index in [1.54, 1.807) is 6.07 Å². The normalized spacial score (nSPS) is 10.7. The van der Waals surface area contributed by atoms with Gasteiger partial charge in [0.25, 0.3) is 0 Å². The molecule has 0 amide bonds. The number of carbonyl (C=O) groups excluding carboxylic acids is 1. The van der Waals surface area contributed by atoms with Crippen LogP contribution in [0.15, 0.2) is 84.9 Å². The lowest BCUT2D eigenvalue weighted by Crippen LogP contribution is -2.16. The largest absolute Gasteiger partial charge is 0.459 e. The minimum atomic E-state index is -0.429. The summed E-state index contributed by atoms with van der Waals surface area (Å²) in [6.45, 7) is -0.0118. The molecule has 0 atom stereocenters. The van der Waals surface area contributed by atoms with Gasteiger partial charge in [-0.15, -0.1) is 0 Å². The minimum absolute atomic E-state index is 0.128. The molecule has 0 aliphatic rings. The molecule has 132 valence electrons. The van der Waals surface area contributed by atoms with E-state index in [9.17, 15) is 4.79 Å². The van der Waals surface area contributed by atoms with Gasteiger partial charge in [-0.2, -0.15) is 0 Å². The molecule has 3 nitrogen and oxygen atoms in total. The van der Waals surface area contributed by atoms with Crippen molar-refractivity contribution in [1.82, 2.24) is 0 Å². The molecule has 0 saturated heterocycles. The fourth-order valence-electron chi connectivity index (χ4n) is 2.61. The van der Waals surface area contributed by atoms with Crippen LogP contribution in [0.3, 0.4) is 0 Å². The second-order valence-corrected chi connectivity index (χ2v) is 6.17. The fraction of sp³-hybridized carbons (Fsp3) is 0.136. The van der Waals surface area contributed by atoms with Crippen LogP contribution in [0.4, 0.5) is 0 Å². The fourth-order valence-corrected chi connectivity index (χ4v) is 2.80. The highest BCUT2D eigenvalue weighted by Gasteiger charge is 2.16. The number of benzene rings is 3.